The lowest BCUT2D eigenvalue weighted by Gasteiger charge is -2.31. The number of likely N-dealkylation sites (tertiary alicyclic amines) is 1. The zero-order valence-electron chi connectivity index (χ0n) is 16.1. The first-order chi connectivity index (χ1) is 12.7. The number of unbranched alkanes of at least 4 members (excludes halogenated alkanes) is 1. The second-order valence-electron chi connectivity index (χ2n) is 7.07. The Labute approximate surface area is 154 Å². The zero-order chi connectivity index (χ0) is 18.5. The van der Waals surface area contributed by atoms with E-state index in [1.54, 1.807) is 4.57 Å². The summed E-state index contributed by atoms with van der Waals surface area (Å²) in [5.41, 5.74) is 1.26. The standard InChI is InChI=1S/C18H31N7O/c1-4-6-9-20-17-22-15(19-3)14-16(23-17)25(18(26)21-14)12-13-8-7-10-24(5-2)11-13/h13H,4-12H2,1-3H3,(H,21,26)(H2,19,20,22,23). The van der Waals surface area contributed by atoms with Crippen LogP contribution in [-0.4, -0.2) is 57.6 Å². The van der Waals surface area contributed by atoms with Crippen LogP contribution in [0.5, 0.6) is 0 Å². The Hall–Kier alpha value is -2.09. The van der Waals surface area contributed by atoms with Crippen molar-refractivity contribution in [3.63, 3.8) is 0 Å². The molecule has 144 valence electrons. The number of nitrogens with zero attached hydrogens (tertiary/aromatic N) is 4. The van der Waals surface area contributed by atoms with Gasteiger partial charge in [-0.25, -0.2) is 4.79 Å². The van der Waals surface area contributed by atoms with E-state index >= 15 is 0 Å². The van der Waals surface area contributed by atoms with Crippen LogP contribution in [0.1, 0.15) is 39.5 Å². The molecule has 0 aromatic carbocycles. The Morgan fingerprint density at radius 2 is 2.15 bits per heavy atom. The van der Waals surface area contributed by atoms with Crippen molar-refractivity contribution in [2.24, 2.45) is 5.92 Å². The number of piperidine rings is 1. The Bertz CT molecular complexity index is 782. The molecule has 0 amide bonds. The number of anilines is 2. The molecule has 0 aliphatic carbocycles. The number of hydrogen-bond acceptors (Lipinski definition) is 6. The molecule has 3 heterocycles. The lowest BCUT2D eigenvalue weighted by atomic mass is 9.98. The summed E-state index contributed by atoms with van der Waals surface area (Å²) < 4.78 is 1.78. The van der Waals surface area contributed by atoms with Gasteiger partial charge in [0.15, 0.2) is 11.5 Å². The molecule has 1 aliphatic heterocycles. The second kappa shape index (κ2) is 8.53. The second-order valence-corrected chi connectivity index (χ2v) is 7.07. The molecular weight excluding hydrogens is 330 g/mol. The van der Waals surface area contributed by atoms with E-state index in [-0.39, 0.29) is 5.69 Å². The summed E-state index contributed by atoms with van der Waals surface area (Å²) in [4.78, 5) is 27.1. The van der Waals surface area contributed by atoms with E-state index in [1.165, 1.54) is 6.42 Å². The fourth-order valence-corrected chi connectivity index (χ4v) is 3.68. The van der Waals surface area contributed by atoms with Crippen LogP contribution in [0.3, 0.4) is 0 Å². The van der Waals surface area contributed by atoms with Crippen molar-refractivity contribution < 1.29 is 0 Å². The molecule has 8 heteroatoms. The van der Waals surface area contributed by atoms with Crippen molar-refractivity contribution in [1.29, 1.82) is 0 Å². The number of aromatic nitrogens is 4. The highest BCUT2D eigenvalue weighted by Crippen LogP contribution is 2.22. The van der Waals surface area contributed by atoms with E-state index in [4.69, 9.17) is 0 Å². The average Bonchev–Trinajstić information content (AvgIpc) is 2.97. The molecule has 8 nitrogen and oxygen atoms in total. The van der Waals surface area contributed by atoms with Crippen molar-refractivity contribution in [1.82, 2.24) is 24.4 Å². The lowest BCUT2D eigenvalue weighted by molar-refractivity contribution is 0.170. The maximum absolute atomic E-state index is 12.6. The molecule has 2 aromatic rings. The van der Waals surface area contributed by atoms with Gasteiger partial charge in [0, 0.05) is 26.7 Å². The predicted octanol–water partition coefficient (Wildman–Crippen LogP) is 2.11. The Kier molecular flexibility index (Phi) is 6.13. The molecule has 3 N–H and O–H groups in total. The molecule has 0 bridgehead atoms. The number of aromatic amines is 1. The maximum atomic E-state index is 12.6. The molecule has 1 aliphatic rings. The average molecular weight is 361 g/mol. The Morgan fingerprint density at radius 1 is 1.31 bits per heavy atom. The van der Waals surface area contributed by atoms with E-state index in [0.717, 1.165) is 45.4 Å². The molecule has 26 heavy (non-hydrogen) atoms. The molecular formula is C18H31N7O. The lowest BCUT2D eigenvalue weighted by Crippen LogP contribution is -2.38. The fraction of sp³-hybridized carbons (Fsp3) is 0.722. The van der Waals surface area contributed by atoms with Gasteiger partial charge in [0.05, 0.1) is 0 Å². The monoisotopic (exact) mass is 361 g/mol. The largest absolute Gasteiger partial charge is 0.371 e. The third-order valence-electron chi connectivity index (χ3n) is 5.16. The zero-order valence-corrected chi connectivity index (χ0v) is 16.1. The van der Waals surface area contributed by atoms with Gasteiger partial charge < -0.3 is 20.5 Å². The summed E-state index contributed by atoms with van der Waals surface area (Å²) in [7, 11) is 1.81. The minimum absolute atomic E-state index is 0.106. The van der Waals surface area contributed by atoms with Crippen LogP contribution in [0.15, 0.2) is 4.79 Å². The topological polar surface area (TPSA) is 90.9 Å². The smallest absolute Gasteiger partial charge is 0.327 e. The quantitative estimate of drug-likeness (QED) is 0.624. The van der Waals surface area contributed by atoms with Crippen LogP contribution in [0, 0.1) is 5.92 Å². The molecule has 3 rings (SSSR count). The van der Waals surface area contributed by atoms with Crippen LogP contribution >= 0.6 is 0 Å². The molecule has 2 aromatic heterocycles. The summed E-state index contributed by atoms with van der Waals surface area (Å²) in [6.07, 6.45) is 4.52. The van der Waals surface area contributed by atoms with E-state index in [2.05, 4.69) is 44.3 Å². The third-order valence-corrected chi connectivity index (χ3v) is 5.16. The van der Waals surface area contributed by atoms with Crippen molar-refractivity contribution in [3.05, 3.63) is 10.5 Å². The molecule has 1 saturated heterocycles. The van der Waals surface area contributed by atoms with Crippen LogP contribution in [-0.2, 0) is 6.54 Å². The van der Waals surface area contributed by atoms with Crippen molar-refractivity contribution in [2.75, 3.05) is 43.9 Å². The van der Waals surface area contributed by atoms with Gasteiger partial charge in [-0.15, -0.1) is 0 Å². The Balaban J connectivity index is 1.90. The number of imidazole rings is 1. The molecule has 0 radical (unpaired) electrons. The normalized spacial score (nSPS) is 18.3. The minimum Gasteiger partial charge on any atom is -0.371 e. The van der Waals surface area contributed by atoms with Gasteiger partial charge in [-0.05, 0) is 38.3 Å². The van der Waals surface area contributed by atoms with Gasteiger partial charge >= 0.3 is 5.69 Å². The van der Waals surface area contributed by atoms with E-state index in [0.29, 0.717) is 35.4 Å². The summed E-state index contributed by atoms with van der Waals surface area (Å²) in [5, 5.41) is 6.35. The van der Waals surface area contributed by atoms with Crippen LogP contribution < -0.4 is 16.3 Å². The van der Waals surface area contributed by atoms with Gasteiger partial charge in [-0.1, -0.05) is 20.3 Å². The van der Waals surface area contributed by atoms with Gasteiger partial charge in [-0.3, -0.25) is 4.57 Å². The summed E-state index contributed by atoms with van der Waals surface area (Å²) in [6.45, 7) is 9.14. The van der Waals surface area contributed by atoms with Gasteiger partial charge in [0.1, 0.15) is 5.52 Å². The number of H-pyrrole nitrogens is 1. The maximum Gasteiger partial charge on any atom is 0.327 e. The number of fused-ring (bicyclic) bond motifs is 1. The van der Waals surface area contributed by atoms with Crippen LogP contribution in [0.2, 0.25) is 0 Å². The molecule has 1 unspecified atom stereocenters. The van der Waals surface area contributed by atoms with Gasteiger partial charge in [0.25, 0.3) is 0 Å². The first-order valence-corrected chi connectivity index (χ1v) is 9.80. The van der Waals surface area contributed by atoms with Gasteiger partial charge in [0.2, 0.25) is 5.95 Å². The van der Waals surface area contributed by atoms with E-state index in [9.17, 15) is 4.79 Å². The molecule has 1 atom stereocenters. The highest BCUT2D eigenvalue weighted by atomic mass is 16.1. The predicted molar refractivity (Wildman–Crippen MR) is 106 cm³/mol. The van der Waals surface area contributed by atoms with Crippen LogP contribution in [0.4, 0.5) is 11.8 Å². The van der Waals surface area contributed by atoms with Crippen molar-refractivity contribution in [2.45, 2.75) is 46.1 Å². The highest BCUT2D eigenvalue weighted by Gasteiger charge is 2.22. The first-order valence-electron chi connectivity index (χ1n) is 9.80. The summed E-state index contributed by atoms with van der Waals surface area (Å²) in [6, 6.07) is 0. The SMILES string of the molecule is CCCCNc1nc(NC)c2[nH]c(=O)n(CC3CCCN(CC)C3)c2n1. The summed E-state index contributed by atoms with van der Waals surface area (Å²) in [5.74, 6) is 1.70. The number of rotatable bonds is 8. The first kappa shape index (κ1) is 18.7. The summed E-state index contributed by atoms with van der Waals surface area (Å²) >= 11 is 0. The minimum atomic E-state index is -0.106. The number of nitrogens with one attached hydrogen (secondary N) is 3. The fourth-order valence-electron chi connectivity index (χ4n) is 3.68. The van der Waals surface area contributed by atoms with Crippen LogP contribution in [0.25, 0.3) is 11.2 Å². The Morgan fingerprint density at radius 3 is 2.88 bits per heavy atom. The van der Waals surface area contributed by atoms with Crippen molar-refractivity contribution >= 4 is 22.9 Å². The number of hydrogen-bond donors (Lipinski definition) is 3. The molecule has 1 fully saturated rings. The van der Waals surface area contributed by atoms with Crippen molar-refractivity contribution in [3.8, 4) is 0 Å². The molecule has 0 saturated carbocycles. The van der Waals surface area contributed by atoms with E-state index < -0.39 is 0 Å². The van der Waals surface area contributed by atoms with Gasteiger partial charge in [-0.2, -0.15) is 9.97 Å². The third kappa shape index (κ3) is 4.00. The molecule has 0 spiro atoms. The van der Waals surface area contributed by atoms with E-state index in [1.807, 2.05) is 7.05 Å². The highest BCUT2D eigenvalue weighted by molar-refractivity contribution is 5.84.